The molecule has 3 N–H and O–H groups in total. The van der Waals surface area contributed by atoms with Crippen molar-refractivity contribution in [2.75, 3.05) is 29.6 Å². The minimum Gasteiger partial charge on any atom is -0.377 e. The number of anilines is 2. The van der Waals surface area contributed by atoms with Gasteiger partial charge in [-0.05, 0) is 56.5 Å². The predicted molar refractivity (Wildman–Crippen MR) is 158 cm³/mol. The lowest BCUT2D eigenvalue weighted by Crippen LogP contribution is -2.37. The maximum atomic E-state index is 13.6. The molecule has 0 aliphatic carbocycles. The van der Waals surface area contributed by atoms with Gasteiger partial charge in [-0.25, -0.2) is 23.1 Å². The van der Waals surface area contributed by atoms with Crippen molar-refractivity contribution < 1.29 is 13.2 Å². The topological polar surface area (TPSA) is 155 Å². The predicted octanol–water partition coefficient (Wildman–Crippen LogP) is 3.26. The highest BCUT2D eigenvalue weighted by Gasteiger charge is 2.26. The third-order valence-electron chi connectivity index (χ3n) is 7.26. The number of halogens is 1. The monoisotopic (exact) mass is 598 g/mol. The van der Waals surface area contributed by atoms with E-state index in [4.69, 9.17) is 16.6 Å². The quantitative estimate of drug-likeness (QED) is 0.272. The molecule has 4 aromatic rings. The molecule has 0 saturated carbocycles. The molecule has 0 unspecified atom stereocenters. The summed E-state index contributed by atoms with van der Waals surface area (Å²) in [5.74, 6) is 0.0478. The van der Waals surface area contributed by atoms with Crippen LogP contribution in [0, 0.1) is 6.92 Å². The molecule has 1 saturated heterocycles. The maximum absolute atomic E-state index is 13.6. The van der Waals surface area contributed by atoms with Gasteiger partial charge in [0.05, 0.1) is 28.9 Å². The molecular formula is C27H31ClN8O4S. The summed E-state index contributed by atoms with van der Waals surface area (Å²) in [6.07, 6.45) is 4.44. The fourth-order valence-electron chi connectivity index (χ4n) is 5.29. The van der Waals surface area contributed by atoms with Crippen LogP contribution in [-0.4, -0.2) is 58.4 Å². The molecule has 3 aromatic heterocycles. The molecule has 0 spiro atoms. The van der Waals surface area contributed by atoms with Gasteiger partial charge in [0.1, 0.15) is 5.15 Å². The summed E-state index contributed by atoms with van der Waals surface area (Å²) in [4.78, 5) is 37.5. The molecule has 41 heavy (non-hydrogen) atoms. The van der Waals surface area contributed by atoms with Gasteiger partial charge in [0.15, 0.2) is 5.69 Å². The van der Waals surface area contributed by atoms with Crippen LogP contribution in [0.1, 0.15) is 59.0 Å². The minimum absolute atomic E-state index is 0.0361. The Morgan fingerprint density at radius 3 is 2.56 bits per heavy atom. The van der Waals surface area contributed by atoms with Crippen molar-refractivity contribution in [1.29, 1.82) is 0 Å². The number of aromatic amines is 1. The number of piperidine rings is 1. The van der Waals surface area contributed by atoms with Gasteiger partial charge < -0.3 is 10.2 Å². The van der Waals surface area contributed by atoms with Gasteiger partial charge in [-0.2, -0.15) is 5.10 Å². The summed E-state index contributed by atoms with van der Waals surface area (Å²) in [5.41, 5.74) is 3.24. The van der Waals surface area contributed by atoms with Crippen LogP contribution in [0.4, 0.5) is 11.6 Å². The number of aryl methyl sites for hydroxylation is 1. The Morgan fingerprint density at radius 2 is 1.90 bits per heavy atom. The first-order chi connectivity index (χ1) is 19.4. The number of sulfonamides is 1. The molecule has 1 aromatic carbocycles. The fourth-order valence-corrected chi connectivity index (χ4v) is 5.87. The Labute approximate surface area is 242 Å². The van der Waals surface area contributed by atoms with Crippen molar-refractivity contribution in [3.8, 4) is 0 Å². The number of nitrogens with one attached hydrogen (secondary N) is 3. The van der Waals surface area contributed by atoms with Crippen LogP contribution >= 0.6 is 11.6 Å². The van der Waals surface area contributed by atoms with Crippen LogP contribution in [0.2, 0.25) is 5.15 Å². The number of hydrogen-bond acceptors (Lipinski definition) is 9. The number of nitrogens with zero attached hydrogens (tertiary/aromatic N) is 5. The number of carbonyl (C=O) groups excluding carboxylic acids is 1. The molecule has 0 radical (unpaired) electrons. The van der Waals surface area contributed by atoms with Crippen LogP contribution in [-0.2, 0) is 17.1 Å². The molecule has 12 nitrogen and oxygen atoms in total. The standard InChI is InChI=1S/C27H31ClN8O4S/c1-15-13-18(16(2)30-21-5-6-22(28)31-24(21)25(37)34-41(4,39)40)23-19(14-15)26(38)35(3)27(32-23)36-11-8-17(9-12-36)20-7-10-29-33-20/h5-7,10,13-14,16-17,30H,8-9,11-12H2,1-4H3,(H,29,33)(H,34,37)/t16-/m1/s1. The van der Waals surface area contributed by atoms with Crippen molar-refractivity contribution in [3.63, 3.8) is 0 Å². The van der Waals surface area contributed by atoms with Crippen LogP contribution < -0.4 is 20.5 Å². The number of carbonyl (C=O) groups is 1. The Hall–Kier alpha value is -3.97. The number of fused-ring (bicyclic) bond motifs is 1. The normalized spacial score (nSPS) is 15.2. The first-order valence-electron chi connectivity index (χ1n) is 13.1. The van der Waals surface area contributed by atoms with Gasteiger partial charge in [-0.15, -0.1) is 0 Å². The van der Waals surface area contributed by atoms with E-state index < -0.39 is 22.0 Å². The average Bonchev–Trinajstić information content (AvgIpc) is 3.46. The van der Waals surface area contributed by atoms with Crippen molar-refractivity contribution in [2.45, 2.75) is 38.6 Å². The second-order valence-corrected chi connectivity index (χ2v) is 12.5. The van der Waals surface area contributed by atoms with Crippen molar-refractivity contribution in [3.05, 3.63) is 74.6 Å². The van der Waals surface area contributed by atoms with Crippen LogP contribution in [0.3, 0.4) is 0 Å². The van der Waals surface area contributed by atoms with E-state index >= 15 is 0 Å². The summed E-state index contributed by atoms with van der Waals surface area (Å²) < 4.78 is 26.9. The van der Waals surface area contributed by atoms with E-state index in [-0.39, 0.29) is 22.1 Å². The molecule has 0 bridgehead atoms. The summed E-state index contributed by atoms with van der Waals surface area (Å²) in [7, 11) is -2.09. The summed E-state index contributed by atoms with van der Waals surface area (Å²) >= 11 is 6.02. The van der Waals surface area contributed by atoms with Gasteiger partial charge in [0.25, 0.3) is 11.5 Å². The second-order valence-electron chi connectivity index (χ2n) is 10.4. The molecule has 1 aliphatic heterocycles. The largest absolute Gasteiger partial charge is 0.377 e. The summed E-state index contributed by atoms with van der Waals surface area (Å²) in [5, 5.41) is 10.9. The Bertz CT molecular complexity index is 1780. The Morgan fingerprint density at radius 1 is 1.17 bits per heavy atom. The molecule has 1 aliphatic rings. The number of pyridine rings is 1. The third-order valence-corrected chi connectivity index (χ3v) is 8.03. The average molecular weight is 599 g/mol. The highest BCUT2D eigenvalue weighted by molar-refractivity contribution is 7.89. The van der Waals surface area contributed by atoms with Crippen molar-refractivity contribution >= 4 is 50.1 Å². The molecule has 4 heterocycles. The Balaban J connectivity index is 1.50. The van der Waals surface area contributed by atoms with Crippen LogP contribution in [0.5, 0.6) is 0 Å². The van der Waals surface area contributed by atoms with E-state index in [1.807, 2.05) is 36.8 Å². The minimum atomic E-state index is -3.82. The zero-order chi connectivity index (χ0) is 29.5. The molecule has 1 atom stereocenters. The zero-order valence-corrected chi connectivity index (χ0v) is 24.7. The van der Waals surface area contributed by atoms with Gasteiger partial charge >= 0.3 is 0 Å². The Kier molecular flexibility index (Phi) is 7.75. The van der Waals surface area contributed by atoms with E-state index in [1.165, 1.54) is 6.07 Å². The van der Waals surface area contributed by atoms with E-state index in [9.17, 15) is 18.0 Å². The molecule has 14 heteroatoms. The van der Waals surface area contributed by atoms with Gasteiger partial charge in [-0.3, -0.25) is 19.3 Å². The lowest BCUT2D eigenvalue weighted by Gasteiger charge is -2.33. The molecule has 1 fully saturated rings. The molecule has 1 amide bonds. The van der Waals surface area contributed by atoms with Crippen LogP contribution in [0.15, 0.2) is 41.3 Å². The number of amides is 1. The lowest BCUT2D eigenvalue weighted by molar-refractivity contribution is 0.0977. The first kappa shape index (κ1) is 28.6. The summed E-state index contributed by atoms with van der Waals surface area (Å²) in [6, 6.07) is 8.39. The maximum Gasteiger partial charge on any atom is 0.285 e. The zero-order valence-electron chi connectivity index (χ0n) is 23.1. The molecular weight excluding hydrogens is 568 g/mol. The van der Waals surface area contributed by atoms with Crippen molar-refractivity contribution in [1.82, 2.24) is 29.5 Å². The van der Waals surface area contributed by atoms with E-state index in [2.05, 4.69) is 25.4 Å². The van der Waals surface area contributed by atoms with Crippen LogP contribution in [0.25, 0.3) is 10.9 Å². The fraction of sp³-hybridized carbons (Fsp3) is 0.370. The van der Waals surface area contributed by atoms with E-state index in [1.54, 1.807) is 23.9 Å². The number of benzene rings is 1. The summed E-state index contributed by atoms with van der Waals surface area (Å²) in [6.45, 7) is 5.24. The SMILES string of the molecule is Cc1cc([C@@H](C)Nc2ccc(Cl)nc2C(=O)NS(C)(=O)=O)c2nc(N3CCC(c4ccn[nH]4)CC3)n(C)c(=O)c2c1. The first-order valence-corrected chi connectivity index (χ1v) is 15.4. The van der Waals surface area contributed by atoms with Crippen molar-refractivity contribution in [2.24, 2.45) is 7.05 Å². The highest BCUT2D eigenvalue weighted by atomic mass is 35.5. The van der Waals surface area contributed by atoms with Gasteiger partial charge in [0, 0.05) is 43.5 Å². The number of aromatic nitrogens is 5. The second kappa shape index (κ2) is 11.1. The number of hydrogen-bond donors (Lipinski definition) is 3. The molecule has 5 rings (SSSR count). The smallest absolute Gasteiger partial charge is 0.285 e. The third kappa shape index (κ3) is 6.05. The molecule has 216 valence electrons. The highest BCUT2D eigenvalue weighted by Crippen LogP contribution is 2.31. The van der Waals surface area contributed by atoms with Gasteiger partial charge in [-0.1, -0.05) is 17.7 Å². The van der Waals surface area contributed by atoms with Gasteiger partial charge in [0.2, 0.25) is 16.0 Å². The van der Waals surface area contributed by atoms with E-state index in [0.29, 0.717) is 22.8 Å². The number of H-pyrrole nitrogens is 1. The van der Waals surface area contributed by atoms with E-state index in [0.717, 1.165) is 49.0 Å². The lowest BCUT2D eigenvalue weighted by atomic mass is 9.94. The number of rotatable bonds is 7.